The molecule has 4 rings (SSSR count). The highest BCUT2D eigenvalue weighted by atomic mass is 16.5. The minimum Gasteiger partial charge on any atom is -0.481 e. The number of unbranched alkanes of at least 4 members (excludes halogenated alkanes) is 1. The number of hydrogen-bond donors (Lipinski definition) is 3. The molecule has 7 heteroatoms. The first-order valence-electron chi connectivity index (χ1n) is 12.6. The van der Waals surface area contributed by atoms with Gasteiger partial charge in [-0.05, 0) is 53.4 Å². The summed E-state index contributed by atoms with van der Waals surface area (Å²) >= 11 is 0. The molecule has 1 fully saturated rings. The molecule has 3 N–H and O–H groups in total. The van der Waals surface area contributed by atoms with Crippen LogP contribution in [0.25, 0.3) is 11.1 Å². The molecule has 2 aromatic rings. The van der Waals surface area contributed by atoms with Gasteiger partial charge >= 0.3 is 12.1 Å². The van der Waals surface area contributed by atoms with E-state index in [1.54, 1.807) is 0 Å². The van der Waals surface area contributed by atoms with Crippen LogP contribution in [0.2, 0.25) is 0 Å². The molecule has 2 aliphatic carbocycles. The summed E-state index contributed by atoms with van der Waals surface area (Å²) in [5.41, 5.74) is 4.62. The van der Waals surface area contributed by atoms with E-state index in [1.807, 2.05) is 31.2 Å². The van der Waals surface area contributed by atoms with Crippen molar-refractivity contribution in [1.82, 2.24) is 10.6 Å². The Labute approximate surface area is 206 Å². The molecule has 186 valence electrons. The Hall–Kier alpha value is -3.35. The normalized spacial score (nSPS) is 19.1. The van der Waals surface area contributed by atoms with E-state index in [-0.39, 0.29) is 30.8 Å². The quantitative estimate of drug-likeness (QED) is 0.434. The van der Waals surface area contributed by atoms with Gasteiger partial charge in [-0.25, -0.2) is 4.79 Å². The van der Waals surface area contributed by atoms with Gasteiger partial charge in [0.2, 0.25) is 5.91 Å². The van der Waals surface area contributed by atoms with E-state index in [0.717, 1.165) is 36.8 Å². The Morgan fingerprint density at radius 3 is 2.23 bits per heavy atom. The first-order chi connectivity index (χ1) is 17.0. The van der Waals surface area contributed by atoms with Crippen LogP contribution in [0.3, 0.4) is 0 Å². The van der Waals surface area contributed by atoms with Crippen molar-refractivity contribution in [2.45, 2.75) is 57.4 Å². The van der Waals surface area contributed by atoms with Crippen LogP contribution in [0.1, 0.15) is 62.5 Å². The maximum atomic E-state index is 12.8. The van der Waals surface area contributed by atoms with Crippen LogP contribution in [-0.4, -0.2) is 42.3 Å². The van der Waals surface area contributed by atoms with Gasteiger partial charge in [0.25, 0.3) is 0 Å². The molecule has 0 radical (unpaired) electrons. The van der Waals surface area contributed by atoms with Crippen molar-refractivity contribution in [3.05, 3.63) is 59.7 Å². The van der Waals surface area contributed by atoms with E-state index >= 15 is 0 Å². The minimum absolute atomic E-state index is 0.0339. The molecular weight excluding hydrogens is 444 g/mol. The Bertz CT molecular complexity index is 1020. The second-order valence-electron chi connectivity index (χ2n) is 9.71. The van der Waals surface area contributed by atoms with E-state index in [0.29, 0.717) is 18.9 Å². The summed E-state index contributed by atoms with van der Waals surface area (Å²) in [5.74, 6) is -0.527. The highest BCUT2D eigenvalue weighted by molar-refractivity contribution is 5.85. The zero-order valence-electron chi connectivity index (χ0n) is 20.2. The maximum absolute atomic E-state index is 12.8. The number of nitrogens with one attached hydrogen (secondary N) is 2. The number of carbonyl (C=O) groups is 3. The van der Waals surface area contributed by atoms with E-state index in [4.69, 9.17) is 9.84 Å². The van der Waals surface area contributed by atoms with Gasteiger partial charge in [0, 0.05) is 18.9 Å². The van der Waals surface area contributed by atoms with Crippen molar-refractivity contribution in [1.29, 1.82) is 0 Å². The second-order valence-corrected chi connectivity index (χ2v) is 9.71. The van der Waals surface area contributed by atoms with Crippen molar-refractivity contribution in [2.24, 2.45) is 11.8 Å². The van der Waals surface area contributed by atoms with Crippen LogP contribution >= 0.6 is 0 Å². The SMILES string of the molecule is CCCC[C@H](NC(=O)OCC1c2ccccc2-c2ccccc21)C(=O)NCC1CC(CC(=O)O)C1. The molecule has 0 aliphatic heterocycles. The Morgan fingerprint density at radius 1 is 1.00 bits per heavy atom. The molecule has 0 heterocycles. The molecule has 35 heavy (non-hydrogen) atoms. The summed E-state index contributed by atoms with van der Waals surface area (Å²) in [6.45, 7) is 2.75. The summed E-state index contributed by atoms with van der Waals surface area (Å²) in [6, 6.07) is 15.7. The second kappa shape index (κ2) is 11.4. The number of ether oxygens (including phenoxy) is 1. The van der Waals surface area contributed by atoms with Crippen LogP contribution in [0.5, 0.6) is 0 Å². The number of alkyl carbamates (subject to hydrolysis) is 1. The predicted molar refractivity (Wildman–Crippen MR) is 133 cm³/mol. The number of fused-ring (bicyclic) bond motifs is 3. The third-order valence-corrected chi connectivity index (χ3v) is 7.16. The fourth-order valence-electron chi connectivity index (χ4n) is 5.28. The van der Waals surface area contributed by atoms with Crippen LogP contribution in [0.4, 0.5) is 4.79 Å². The largest absolute Gasteiger partial charge is 0.481 e. The van der Waals surface area contributed by atoms with Crippen molar-refractivity contribution >= 4 is 18.0 Å². The number of hydrogen-bond acceptors (Lipinski definition) is 4. The summed E-state index contributed by atoms with van der Waals surface area (Å²) in [6.07, 6.45) is 3.49. The van der Waals surface area contributed by atoms with Crippen molar-refractivity contribution in [3.63, 3.8) is 0 Å². The lowest BCUT2D eigenvalue weighted by molar-refractivity contribution is -0.139. The van der Waals surface area contributed by atoms with Crippen LogP contribution in [0.15, 0.2) is 48.5 Å². The van der Waals surface area contributed by atoms with Crippen molar-refractivity contribution in [2.75, 3.05) is 13.2 Å². The first kappa shape index (κ1) is 24.8. The minimum atomic E-state index is -0.774. The summed E-state index contributed by atoms with van der Waals surface area (Å²) in [4.78, 5) is 36.3. The Kier molecular flexibility index (Phi) is 8.06. The molecule has 0 saturated heterocycles. The molecule has 1 saturated carbocycles. The number of carbonyl (C=O) groups excluding carboxylic acids is 2. The lowest BCUT2D eigenvalue weighted by Gasteiger charge is -2.34. The van der Waals surface area contributed by atoms with E-state index in [1.165, 1.54) is 11.1 Å². The number of aliphatic carboxylic acids is 1. The lowest BCUT2D eigenvalue weighted by Crippen LogP contribution is -2.49. The number of rotatable bonds is 11. The molecule has 7 nitrogen and oxygen atoms in total. The summed E-state index contributed by atoms with van der Waals surface area (Å²) in [7, 11) is 0. The molecule has 0 bridgehead atoms. The molecule has 1 atom stereocenters. The highest BCUT2D eigenvalue weighted by Gasteiger charge is 2.32. The van der Waals surface area contributed by atoms with Gasteiger partial charge in [0.1, 0.15) is 12.6 Å². The highest BCUT2D eigenvalue weighted by Crippen LogP contribution is 2.44. The van der Waals surface area contributed by atoms with E-state index < -0.39 is 18.1 Å². The van der Waals surface area contributed by atoms with Gasteiger partial charge in [0.05, 0.1) is 0 Å². The fourth-order valence-corrected chi connectivity index (χ4v) is 5.28. The predicted octanol–water partition coefficient (Wildman–Crippen LogP) is 4.70. The van der Waals surface area contributed by atoms with E-state index in [2.05, 4.69) is 34.9 Å². The molecule has 0 spiro atoms. The number of carboxylic acids is 1. The van der Waals surface area contributed by atoms with Crippen molar-refractivity contribution in [3.8, 4) is 11.1 Å². The smallest absolute Gasteiger partial charge is 0.407 e. The van der Waals surface area contributed by atoms with Gasteiger partial charge in [0.15, 0.2) is 0 Å². The van der Waals surface area contributed by atoms with Gasteiger partial charge in [-0.15, -0.1) is 0 Å². The third kappa shape index (κ3) is 6.02. The molecule has 0 unspecified atom stereocenters. The van der Waals surface area contributed by atoms with Gasteiger partial charge in [-0.2, -0.15) is 0 Å². The van der Waals surface area contributed by atoms with Crippen LogP contribution in [-0.2, 0) is 14.3 Å². The van der Waals surface area contributed by atoms with Crippen LogP contribution < -0.4 is 10.6 Å². The first-order valence-corrected chi connectivity index (χ1v) is 12.6. The topological polar surface area (TPSA) is 105 Å². The molecule has 0 aromatic heterocycles. The summed E-state index contributed by atoms with van der Waals surface area (Å²) < 4.78 is 5.62. The fraction of sp³-hybridized carbons (Fsp3) is 0.464. The molecular formula is C28H34N2O5. The maximum Gasteiger partial charge on any atom is 0.407 e. The zero-order valence-corrected chi connectivity index (χ0v) is 20.2. The van der Waals surface area contributed by atoms with Crippen LogP contribution in [0, 0.1) is 11.8 Å². The number of amides is 2. The summed E-state index contributed by atoms with van der Waals surface area (Å²) in [5, 5.41) is 14.6. The number of carboxylic acid groups (broad SMARTS) is 1. The average molecular weight is 479 g/mol. The standard InChI is InChI=1S/C28H34N2O5/c1-2-3-12-25(27(33)29-16-19-13-18(14-19)15-26(31)32)30-28(34)35-17-24-22-10-6-4-8-20(22)21-9-5-7-11-23(21)24/h4-11,18-19,24-25H,2-3,12-17H2,1H3,(H,29,33)(H,30,34)(H,31,32)/t18?,19?,25-/m0/s1. The lowest BCUT2D eigenvalue weighted by atomic mass is 9.73. The zero-order chi connectivity index (χ0) is 24.8. The average Bonchev–Trinajstić information content (AvgIpc) is 3.15. The molecule has 2 amide bonds. The molecule has 2 aromatic carbocycles. The Balaban J connectivity index is 1.29. The van der Waals surface area contributed by atoms with Crippen molar-refractivity contribution < 1.29 is 24.2 Å². The third-order valence-electron chi connectivity index (χ3n) is 7.16. The van der Waals surface area contributed by atoms with E-state index in [9.17, 15) is 14.4 Å². The monoisotopic (exact) mass is 478 g/mol. The Morgan fingerprint density at radius 2 is 1.63 bits per heavy atom. The molecule has 2 aliphatic rings. The van der Waals surface area contributed by atoms with Gasteiger partial charge in [-0.3, -0.25) is 9.59 Å². The van der Waals surface area contributed by atoms with Gasteiger partial charge < -0.3 is 20.5 Å². The van der Waals surface area contributed by atoms with Gasteiger partial charge in [-0.1, -0.05) is 68.3 Å². The number of benzene rings is 2.